The van der Waals surface area contributed by atoms with Crippen molar-refractivity contribution in [3.63, 3.8) is 0 Å². The number of anilines is 1. The van der Waals surface area contributed by atoms with Crippen molar-refractivity contribution < 1.29 is 0 Å². The molecule has 0 unspecified atom stereocenters. The number of nitrogens with zero attached hydrogens (tertiary/aromatic N) is 2. The van der Waals surface area contributed by atoms with Crippen LogP contribution in [0.4, 0.5) is 5.82 Å². The molecule has 20 heavy (non-hydrogen) atoms. The van der Waals surface area contributed by atoms with Gasteiger partial charge in [-0.25, -0.2) is 4.98 Å². The number of nitrogens with two attached hydrogens (primary N) is 1. The first kappa shape index (κ1) is 14.0. The Labute approximate surface area is 132 Å². The number of aromatic nitrogens is 2. The Bertz CT molecular complexity index is 647. The van der Waals surface area contributed by atoms with Gasteiger partial charge >= 0.3 is 0 Å². The molecule has 0 saturated heterocycles. The van der Waals surface area contributed by atoms with Gasteiger partial charge in [-0.2, -0.15) is 0 Å². The highest BCUT2D eigenvalue weighted by molar-refractivity contribution is 9.10. The van der Waals surface area contributed by atoms with E-state index in [0.29, 0.717) is 10.9 Å². The van der Waals surface area contributed by atoms with E-state index < -0.39 is 0 Å². The summed E-state index contributed by atoms with van der Waals surface area (Å²) in [5.41, 5.74) is 8.15. The maximum Gasteiger partial charge on any atom is 0.131 e. The Morgan fingerprint density at radius 3 is 2.85 bits per heavy atom. The zero-order chi connectivity index (χ0) is 14.3. The van der Waals surface area contributed by atoms with Crippen LogP contribution in [0.15, 0.2) is 22.7 Å². The molecular formula is C15H17BrClN3. The molecule has 0 spiro atoms. The van der Waals surface area contributed by atoms with Crippen LogP contribution in [0.1, 0.15) is 37.9 Å². The van der Waals surface area contributed by atoms with E-state index in [1.165, 1.54) is 12.8 Å². The molecule has 106 valence electrons. The van der Waals surface area contributed by atoms with Gasteiger partial charge in [-0.15, -0.1) is 0 Å². The van der Waals surface area contributed by atoms with Crippen molar-refractivity contribution in [2.24, 2.45) is 0 Å². The van der Waals surface area contributed by atoms with E-state index in [4.69, 9.17) is 22.3 Å². The third-order valence-electron chi connectivity index (χ3n) is 3.61. The van der Waals surface area contributed by atoms with Crippen molar-refractivity contribution in [1.29, 1.82) is 0 Å². The normalized spacial score (nSPS) is 14.8. The van der Waals surface area contributed by atoms with Gasteiger partial charge in [0.05, 0.1) is 0 Å². The lowest BCUT2D eigenvalue weighted by atomic mass is 10.1. The molecule has 3 nitrogen and oxygen atoms in total. The summed E-state index contributed by atoms with van der Waals surface area (Å²) in [6.45, 7) is 3.08. The average molecular weight is 355 g/mol. The van der Waals surface area contributed by atoms with Gasteiger partial charge in [0.25, 0.3) is 0 Å². The van der Waals surface area contributed by atoms with E-state index in [1.54, 1.807) is 0 Å². The number of imidazole rings is 1. The van der Waals surface area contributed by atoms with Crippen molar-refractivity contribution in [1.82, 2.24) is 9.55 Å². The molecule has 1 saturated carbocycles. The first-order valence-electron chi connectivity index (χ1n) is 6.93. The van der Waals surface area contributed by atoms with Gasteiger partial charge in [-0.1, -0.05) is 34.5 Å². The van der Waals surface area contributed by atoms with Crippen LogP contribution in [-0.4, -0.2) is 9.55 Å². The molecule has 5 heteroatoms. The van der Waals surface area contributed by atoms with Crippen molar-refractivity contribution in [2.75, 3.05) is 5.73 Å². The fourth-order valence-corrected chi connectivity index (χ4v) is 3.08. The van der Waals surface area contributed by atoms with Crippen molar-refractivity contribution in [2.45, 2.75) is 38.6 Å². The molecule has 3 rings (SSSR count). The molecule has 1 fully saturated rings. The van der Waals surface area contributed by atoms with E-state index in [2.05, 4.69) is 27.4 Å². The van der Waals surface area contributed by atoms with Gasteiger partial charge < -0.3 is 10.3 Å². The lowest BCUT2D eigenvalue weighted by molar-refractivity contribution is 0.646. The molecule has 2 N–H and O–H groups in total. The fraction of sp³-hybridized carbons (Fsp3) is 0.400. The topological polar surface area (TPSA) is 43.8 Å². The summed E-state index contributed by atoms with van der Waals surface area (Å²) < 4.78 is 3.14. The minimum absolute atomic E-state index is 0.579. The van der Waals surface area contributed by atoms with Gasteiger partial charge in [0.1, 0.15) is 17.3 Å². The molecule has 1 aromatic carbocycles. The molecule has 0 aliphatic heterocycles. The molecule has 0 amide bonds. The second-order valence-electron chi connectivity index (χ2n) is 5.25. The SMILES string of the molecule is CCCn1c(C2CC2)nc(-c2cc(Cl)ccc2Br)c1N. The molecule has 1 aliphatic carbocycles. The number of hydrogen-bond donors (Lipinski definition) is 1. The summed E-state index contributed by atoms with van der Waals surface area (Å²) >= 11 is 9.67. The van der Waals surface area contributed by atoms with E-state index in [9.17, 15) is 0 Å². The largest absolute Gasteiger partial charge is 0.383 e. The van der Waals surface area contributed by atoms with Crippen LogP contribution in [-0.2, 0) is 6.54 Å². The third kappa shape index (κ3) is 2.47. The van der Waals surface area contributed by atoms with Gasteiger partial charge in [-0.05, 0) is 37.5 Å². The van der Waals surface area contributed by atoms with Crippen LogP contribution >= 0.6 is 27.5 Å². The molecular weight excluding hydrogens is 338 g/mol. The third-order valence-corrected chi connectivity index (χ3v) is 4.54. The Balaban J connectivity index is 2.13. The summed E-state index contributed by atoms with van der Waals surface area (Å²) in [5.74, 6) is 2.46. The summed E-state index contributed by atoms with van der Waals surface area (Å²) in [6, 6.07) is 5.71. The summed E-state index contributed by atoms with van der Waals surface area (Å²) in [4.78, 5) is 4.81. The zero-order valence-electron chi connectivity index (χ0n) is 11.4. The van der Waals surface area contributed by atoms with Crippen LogP contribution in [0.25, 0.3) is 11.3 Å². The molecule has 2 aromatic rings. The smallest absolute Gasteiger partial charge is 0.131 e. The highest BCUT2D eigenvalue weighted by Gasteiger charge is 2.31. The monoisotopic (exact) mass is 353 g/mol. The minimum atomic E-state index is 0.579. The number of hydrogen-bond acceptors (Lipinski definition) is 2. The lowest BCUT2D eigenvalue weighted by Gasteiger charge is -2.08. The van der Waals surface area contributed by atoms with Crippen molar-refractivity contribution >= 4 is 33.3 Å². The van der Waals surface area contributed by atoms with Crippen molar-refractivity contribution in [3.05, 3.63) is 33.5 Å². The lowest BCUT2D eigenvalue weighted by Crippen LogP contribution is -2.06. The number of halogens is 2. The number of benzene rings is 1. The first-order chi connectivity index (χ1) is 9.61. The van der Waals surface area contributed by atoms with E-state index >= 15 is 0 Å². The van der Waals surface area contributed by atoms with Crippen LogP contribution in [0.2, 0.25) is 5.02 Å². The van der Waals surface area contributed by atoms with Gasteiger partial charge in [0, 0.05) is 27.5 Å². The van der Waals surface area contributed by atoms with Gasteiger partial charge in [0.15, 0.2) is 0 Å². The Morgan fingerprint density at radius 1 is 1.45 bits per heavy atom. The van der Waals surface area contributed by atoms with E-state index in [-0.39, 0.29) is 0 Å². The Hall–Kier alpha value is -1.00. The van der Waals surface area contributed by atoms with E-state index in [1.807, 2.05) is 18.2 Å². The molecule has 1 heterocycles. The highest BCUT2D eigenvalue weighted by Crippen LogP contribution is 2.43. The fourth-order valence-electron chi connectivity index (χ4n) is 2.47. The summed E-state index contributed by atoms with van der Waals surface area (Å²) in [7, 11) is 0. The maximum absolute atomic E-state index is 6.34. The maximum atomic E-state index is 6.34. The molecule has 1 aromatic heterocycles. The first-order valence-corrected chi connectivity index (χ1v) is 8.10. The van der Waals surface area contributed by atoms with Crippen LogP contribution in [0.3, 0.4) is 0 Å². The van der Waals surface area contributed by atoms with Crippen LogP contribution < -0.4 is 5.73 Å². The van der Waals surface area contributed by atoms with Gasteiger partial charge in [-0.3, -0.25) is 0 Å². The van der Waals surface area contributed by atoms with Gasteiger partial charge in [0.2, 0.25) is 0 Å². The minimum Gasteiger partial charge on any atom is -0.383 e. The average Bonchev–Trinajstić information content (AvgIpc) is 3.21. The zero-order valence-corrected chi connectivity index (χ0v) is 13.7. The highest BCUT2D eigenvalue weighted by atomic mass is 79.9. The Morgan fingerprint density at radius 2 is 2.20 bits per heavy atom. The summed E-state index contributed by atoms with van der Waals surface area (Å²) in [5, 5.41) is 0.695. The quantitative estimate of drug-likeness (QED) is 0.854. The van der Waals surface area contributed by atoms with Crippen LogP contribution in [0, 0.1) is 0 Å². The Kier molecular flexibility index (Phi) is 3.78. The van der Waals surface area contributed by atoms with E-state index in [0.717, 1.165) is 40.3 Å². The number of nitrogen functional groups attached to an aromatic ring is 1. The number of rotatable bonds is 4. The molecule has 0 atom stereocenters. The predicted molar refractivity (Wildman–Crippen MR) is 87.1 cm³/mol. The standard InChI is InChI=1S/C15H17BrClN3/c1-2-7-20-14(18)13(19-15(20)9-3-4-9)11-8-10(17)5-6-12(11)16/h5-6,8-9H,2-4,7,18H2,1H3. The van der Waals surface area contributed by atoms with Crippen LogP contribution in [0.5, 0.6) is 0 Å². The molecule has 0 bridgehead atoms. The molecule has 1 aliphatic rings. The predicted octanol–water partition coefficient (Wildman–Crippen LogP) is 4.84. The molecule has 0 radical (unpaired) electrons. The second-order valence-corrected chi connectivity index (χ2v) is 6.54. The summed E-state index contributed by atoms with van der Waals surface area (Å²) in [6.07, 6.45) is 3.49. The van der Waals surface area contributed by atoms with Crippen molar-refractivity contribution in [3.8, 4) is 11.3 Å². The second kappa shape index (κ2) is 5.41.